The summed E-state index contributed by atoms with van der Waals surface area (Å²) in [6, 6.07) is 11.3. The van der Waals surface area contributed by atoms with E-state index in [1.54, 1.807) is 18.2 Å². The molecule has 0 radical (unpaired) electrons. The van der Waals surface area contributed by atoms with Crippen molar-refractivity contribution in [2.45, 2.75) is 13.3 Å². The summed E-state index contributed by atoms with van der Waals surface area (Å²) in [4.78, 5) is 29.0. The molecule has 0 amide bonds. The number of benzene rings is 1. The highest BCUT2D eigenvalue weighted by atomic mass is 32.1. The van der Waals surface area contributed by atoms with E-state index in [-0.39, 0.29) is 16.2 Å². The molecule has 3 aromatic heterocycles. The third kappa shape index (κ3) is 3.01. The Morgan fingerprint density at radius 3 is 2.72 bits per heavy atom. The molecule has 4 aromatic rings. The van der Waals surface area contributed by atoms with Gasteiger partial charge in [0.1, 0.15) is 16.0 Å². The lowest BCUT2D eigenvalue weighted by Crippen LogP contribution is -2.28. The first kappa shape index (κ1) is 15.5. The number of aryl methyl sites for hydroxylation is 1. The second kappa shape index (κ2) is 6.10. The first-order valence-electron chi connectivity index (χ1n) is 7.64. The van der Waals surface area contributed by atoms with Gasteiger partial charge in [-0.15, -0.1) is 0 Å². The molecule has 0 unspecified atom stereocenters. The predicted molar refractivity (Wildman–Crippen MR) is 94.9 cm³/mol. The van der Waals surface area contributed by atoms with Gasteiger partial charge < -0.3 is 4.42 Å². The monoisotopic (exact) mass is 351 g/mol. The first-order valence-corrected chi connectivity index (χ1v) is 8.45. The van der Waals surface area contributed by atoms with Gasteiger partial charge in [0.2, 0.25) is 4.96 Å². The third-order valence-corrected chi connectivity index (χ3v) is 4.72. The summed E-state index contributed by atoms with van der Waals surface area (Å²) >= 11 is 1.11. The molecule has 0 N–H and O–H groups in total. The van der Waals surface area contributed by atoms with Gasteiger partial charge >= 0.3 is 0 Å². The molecule has 0 atom stereocenters. The highest BCUT2D eigenvalue weighted by Gasteiger charge is 2.12. The van der Waals surface area contributed by atoms with Gasteiger partial charge in [-0.1, -0.05) is 41.2 Å². The number of aromatic nitrogens is 3. The van der Waals surface area contributed by atoms with Crippen LogP contribution in [0.15, 0.2) is 56.7 Å². The third-order valence-electron chi connectivity index (χ3n) is 3.76. The Balaban J connectivity index is 1.81. The van der Waals surface area contributed by atoms with E-state index in [2.05, 4.69) is 10.1 Å². The Labute approximate surface area is 145 Å². The molecule has 3 heterocycles. The summed E-state index contributed by atoms with van der Waals surface area (Å²) in [6.07, 6.45) is 3.48. The zero-order chi connectivity index (χ0) is 17.4. The van der Waals surface area contributed by atoms with E-state index in [0.29, 0.717) is 16.7 Å². The Kier molecular flexibility index (Phi) is 3.77. The molecule has 0 saturated heterocycles. The molecule has 124 valence electrons. The maximum Gasteiger partial charge on any atom is 0.296 e. The molecule has 0 bridgehead atoms. The van der Waals surface area contributed by atoms with Crippen LogP contribution in [0.25, 0.3) is 11.0 Å². The number of nitrogens with zero attached hydrogens (tertiary/aromatic N) is 3. The molecule has 0 aliphatic heterocycles. The van der Waals surface area contributed by atoms with Crippen molar-refractivity contribution in [3.8, 4) is 0 Å². The van der Waals surface area contributed by atoms with Crippen molar-refractivity contribution in [1.82, 2.24) is 14.6 Å². The standard InChI is InChI=1S/C18H13N3O3S/c1-11-4-6-12(7-5-11)9-14-16(22)19-18-21(20-14)17(23)15(25-18)10-13-3-2-8-24-13/h2-8,10H,9H2,1H3/b15-10+. The van der Waals surface area contributed by atoms with Crippen molar-refractivity contribution in [1.29, 1.82) is 0 Å². The Bertz CT molecular complexity index is 1210. The van der Waals surface area contributed by atoms with Crippen LogP contribution in [-0.4, -0.2) is 14.6 Å². The van der Waals surface area contributed by atoms with Crippen LogP contribution in [0.2, 0.25) is 0 Å². The molecule has 4 rings (SSSR count). The quantitative estimate of drug-likeness (QED) is 0.560. The van der Waals surface area contributed by atoms with Gasteiger partial charge in [-0.2, -0.15) is 14.6 Å². The second-order valence-corrected chi connectivity index (χ2v) is 6.66. The smallest absolute Gasteiger partial charge is 0.296 e. The fourth-order valence-electron chi connectivity index (χ4n) is 2.45. The zero-order valence-corrected chi connectivity index (χ0v) is 14.1. The van der Waals surface area contributed by atoms with Crippen LogP contribution in [0, 0.1) is 6.92 Å². The molecule has 7 heteroatoms. The van der Waals surface area contributed by atoms with Gasteiger partial charge in [-0.05, 0) is 24.6 Å². The van der Waals surface area contributed by atoms with Crippen LogP contribution in [0.3, 0.4) is 0 Å². The van der Waals surface area contributed by atoms with E-state index < -0.39 is 5.56 Å². The Morgan fingerprint density at radius 1 is 1.20 bits per heavy atom. The van der Waals surface area contributed by atoms with E-state index >= 15 is 0 Å². The van der Waals surface area contributed by atoms with Crippen LogP contribution in [0.1, 0.15) is 22.6 Å². The molecule has 6 nitrogen and oxygen atoms in total. The summed E-state index contributed by atoms with van der Waals surface area (Å²) < 4.78 is 6.83. The average Bonchev–Trinajstić information content (AvgIpc) is 3.20. The minimum Gasteiger partial charge on any atom is -0.465 e. The molecule has 0 saturated carbocycles. The van der Waals surface area contributed by atoms with Crippen molar-refractivity contribution in [3.63, 3.8) is 0 Å². The highest BCUT2D eigenvalue weighted by molar-refractivity contribution is 7.15. The van der Waals surface area contributed by atoms with Crippen molar-refractivity contribution in [2.75, 3.05) is 0 Å². The maximum atomic E-state index is 12.5. The number of hydrogen-bond acceptors (Lipinski definition) is 6. The van der Waals surface area contributed by atoms with E-state index in [0.717, 1.165) is 22.5 Å². The van der Waals surface area contributed by atoms with Gasteiger partial charge in [0.15, 0.2) is 0 Å². The lowest BCUT2D eigenvalue weighted by Gasteiger charge is -2.01. The number of hydrogen-bond donors (Lipinski definition) is 0. The Hall–Kier alpha value is -3.06. The first-order chi connectivity index (χ1) is 12.1. The van der Waals surface area contributed by atoms with Gasteiger partial charge in [0.25, 0.3) is 11.1 Å². The molecule has 1 aromatic carbocycles. The average molecular weight is 351 g/mol. The van der Waals surface area contributed by atoms with Crippen LogP contribution in [0.5, 0.6) is 0 Å². The van der Waals surface area contributed by atoms with Crippen molar-refractivity contribution in [2.24, 2.45) is 0 Å². The number of fused-ring (bicyclic) bond motifs is 1. The van der Waals surface area contributed by atoms with E-state index in [9.17, 15) is 9.59 Å². The number of rotatable bonds is 3. The largest absolute Gasteiger partial charge is 0.465 e. The van der Waals surface area contributed by atoms with Crippen molar-refractivity contribution in [3.05, 3.63) is 90.5 Å². The topological polar surface area (TPSA) is 77.5 Å². The summed E-state index contributed by atoms with van der Waals surface area (Å²) in [5.41, 5.74) is 1.61. The fraction of sp³-hybridized carbons (Fsp3) is 0.111. The van der Waals surface area contributed by atoms with Gasteiger partial charge in [0.05, 0.1) is 6.26 Å². The van der Waals surface area contributed by atoms with E-state index in [1.807, 2.05) is 31.2 Å². The normalized spacial score (nSPS) is 12.1. The minimum absolute atomic E-state index is 0.251. The minimum atomic E-state index is -0.411. The fourth-order valence-corrected chi connectivity index (χ4v) is 3.34. The van der Waals surface area contributed by atoms with E-state index in [4.69, 9.17) is 4.42 Å². The van der Waals surface area contributed by atoms with Crippen LogP contribution >= 0.6 is 11.3 Å². The molecule has 0 fully saturated rings. The van der Waals surface area contributed by atoms with Crippen LogP contribution in [0.4, 0.5) is 0 Å². The zero-order valence-electron chi connectivity index (χ0n) is 13.3. The summed E-state index contributed by atoms with van der Waals surface area (Å²) in [5.74, 6) is 0.562. The number of thiazole rings is 1. The maximum absolute atomic E-state index is 12.5. The lowest BCUT2D eigenvalue weighted by molar-refractivity contribution is 0.556. The van der Waals surface area contributed by atoms with Gasteiger partial charge in [0, 0.05) is 12.5 Å². The van der Waals surface area contributed by atoms with Crippen molar-refractivity contribution < 1.29 is 4.42 Å². The Morgan fingerprint density at radius 2 is 2.00 bits per heavy atom. The van der Waals surface area contributed by atoms with Crippen LogP contribution in [-0.2, 0) is 6.42 Å². The second-order valence-electron chi connectivity index (χ2n) is 5.65. The molecule has 0 spiro atoms. The molecule has 0 aliphatic carbocycles. The molecular weight excluding hydrogens is 338 g/mol. The summed E-state index contributed by atoms with van der Waals surface area (Å²) in [7, 11) is 0. The SMILES string of the molecule is Cc1ccc(Cc2nn3c(=O)/c(=C\c4ccco4)sc3nc2=O)cc1. The molecule has 0 aliphatic rings. The van der Waals surface area contributed by atoms with Crippen LogP contribution < -0.4 is 15.7 Å². The molecular formula is C18H13N3O3S. The molecule has 25 heavy (non-hydrogen) atoms. The number of furan rings is 1. The van der Waals surface area contributed by atoms with Crippen molar-refractivity contribution >= 4 is 22.4 Å². The van der Waals surface area contributed by atoms with Gasteiger partial charge in [-0.3, -0.25) is 9.59 Å². The van der Waals surface area contributed by atoms with Gasteiger partial charge in [-0.25, -0.2) is 0 Å². The van der Waals surface area contributed by atoms with E-state index in [1.165, 1.54) is 10.8 Å². The predicted octanol–water partition coefficient (Wildman–Crippen LogP) is 1.55. The summed E-state index contributed by atoms with van der Waals surface area (Å²) in [6.45, 7) is 2.00. The summed E-state index contributed by atoms with van der Waals surface area (Å²) in [5, 5.41) is 4.23. The highest BCUT2D eigenvalue weighted by Crippen LogP contribution is 2.07. The lowest BCUT2D eigenvalue weighted by atomic mass is 10.1.